The fourth-order valence-electron chi connectivity index (χ4n) is 4.70. The molecule has 2 fully saturated rings. The first-order valence-corrected chi connectivity index (χ1v) is 15.3. The highest BCUT2D eigenvalue weighted by molar-refractivity contribution is 7.47. The van der Waals surface area contributed by atoms with Gasteiger partial charge in [0.25, 0.3) is 5.56 Å². The number of hydrogen-bond acceptors (Lipinski definition) is 14. The molecule has 7 atom stereocenters. The summed E-state index contributed by atoms with van der Waals surface area (Å²) in [6.07, 6.45) is -3.45. The second-order valence-electron chi connectivity index (χ2n) is 9.52. The van der Waals surface area contributed by atoms with Crippen LogP contribution >= 0.6 is 15.6 Å². The zero-order chi connectivity index (χ0) is 30.4. The molecule has 20 nitrogen and oxygen atoms in total. The number of aromatic nitrogens is 6. The molecule has 7 N–H and O–H groups in total. The first-order chi connectivity index (χ1) is 19.7. The average Bonchev–Trinajstić information content (AvgIpc) is 3.61. The van der Waals surface area contributed by atoms with Gasteiger partial charge in [-0.05, 0) is 6.92 Å². The number of hydrogen-bond donors (Lipinski definition) is 6. The fraction of sp³-hybridized carbons (Fsp3) is 0.550. The number of imidazole rings is 1. The molecule has 5 heterocycles. The third kappa shape index (κ3) is 6.53. The number of phosphoric ester groups is 2. The first kappa shape index (κ1) is 30.6. The third-order valence-corrected chi connectivity index (χ3v) is 8.20. The maximum Gasteiger partial charge on any atom is 0.472 e. The van der Waals surface area contributed by atoms with Gasteiger partial charge in [-0.25, -0.2) is 28.9 Å². The van der Waals surface area contributed by atoms with Gasteiger partial charge < -0.3 is 35.0 Å². The minimum atomic E-state index is -5.02. The number of aryl methyl sites for hydroxylation is 1. The topological polar surface area (TPSA) is 286 Å². The van der Waals surface area contributed by atoms with Crippen molar-refractivity contribution < 1.29 is 52.0 Å². The molecular weight excluding hydrogens is 608 g/mol. The van der Waals surface area contributed by atoms with Gasteiger partial charge in [-0.2, -0.15) is 0 Å². The average molecular weight is 635 g/mol. The SMILES string of the molecule is Cc1cn([C@H]2C[C@@H](OP(=O)(O)OC[C@H]3O[C@@H](n4cnc5c(N)ncnc54)C[C@H]3OP(=O)(O)O)[C@@H](CO)O2)c(=O)[nH]c1=O. The van der Waals surface area contributed by atoms with Crippen LogP contribution < -0.4 is 17.0 Å². The van der Waals surface area contributed by atoms with Gasteiger partial charge in [-0.3, -0.25) is 32.5 Å². The Bertz CT molecular complexity index is 1670. The van der Waals surface area contributed by atoms with E-state index in [1.54, 1.807) is 0 Å². The Balaban J connectivity index is 1.28. The van der Waals surface area contributed by atoms with E-state index in [9.17, 15) is 38.5 Å². The summed E-state index contributed by atoms with van der Waals surface area (Å²) in [5.74, 6) is 0.0953. The number of phosphoric acid groups is 2. The molecule has 5 rings (SSSR count). The van der Waals surface area contributed by atoms with Gasteiger partial charge in [0.05, 0.1) is 19.5 Å². The number of aromatic amines is 1. The number of aliphatic hydroxyl groups is 1. The monoisotopic (exact) mass is 635 g/mol. The van der Waals surface area contributed by atoms with Crippen molar-refractivity contribution in [1.29, 1.82) is 0 Å². The van der Waals surface area contributed by atoms with Crippen LogP contribution in [-0.4, -0.2) is 86.5 Å². The van der Waals surface area contributed by atoms with E-state index in [2.05, 4.69) is 19.9 Å². The van der Waals surface area contributed by atoms with Gasteiger partial charge in [0.1, 0.15) is 48.7 Å². The van der Waals surface area contributed by atoms with E-state index < -0.39 is 77.0 Å². The summed E-state index contributed by atoms with van der Waals surface area (Å²) in [7, 11) is -9.94. The number of aliphatic hydroxyl groups excluding tert-OH is 1. The largest absolute Gasteiger partial charge is 0.472 e. The summed E-state index contributed by atoms with van der Waals surface area (Å²) in [6.45, 7) is 0.115. The number of nitrogens with zero attached hydrogens (tertiary/aromatic N) is 5. The summed E-state index contributed by atoms with van der Waals surface area (Å²) in [5, 5.41) is 9.73. The van der Waals surface area contributed by atoms with E-state index in [1.807, 2.05) is 0 Å². The molecule has 0 bridgehead atoms. The molecule has 42 heavy (non-hydrogen) atoms. The van der Waals surface area contributed by atoms with E-state index >= 15 is 0 Å². The lowest BCUT2D eigenvalue weighted by atomic mass is 10.2. The number of ether oxygens (including phenoxy) is 2. The van der Waals surface area contributed by atoms with Crippen molar-refractivity contribution in [2.75, 3.05) is 18.9 Å². The molecule has 2 aliphatic heterocycles. The van der Waals surface area contributed by atoms with Crippen molar-refractivity contribution in [2.24, 2.45) is 0 Å². The van der Waals surface area contributed by atoms with Crippen LogP contribution in [0.5, 0.6) is 0 Å². The number of nitrogens with two attached hydrogens (primary N) is 1. The predicted molar refractivity (Wildman–Crippen MR) is 138 cm³/mol. The standard InChI is InChI=1S/C20H27N7O13P2/c1-9-4-26(20(30)25-19(9)29)14-2-10(12(5-28)37-14)40-42(34,35)36-6-13-11(39-41(31,32)33)3-15(38-13)27-8-24-16-17(21)22-7-23-18(16)27/h4,7-8,10-15,28H,2-3,5-6H2,1H3,(H,34,35)(H2,21,22,23)(H,25,29,30)(H2,31,32,33)/t10-,11-,12-,13-,14-,15-/m1/s1. The molecule has 0 saturated carbocycles. The third-order valence-electron chi connectivity index (χ3n) is 6.64. The molecule has 0 aliphatic carbocycles. The summed E-state index contributed by atoms with van der Waals surface area (Å²) >= 11 is 0. The number of fused-ring (bicyclic) bond motifs is 1. The lowest BCUT2D eigenvalue weighted by Gasteiger charge is -2.23. The zero-order valence-corrected chi connectivity index (χ0v) is 23.5. The Morgan fingerprint density at radius 2 is 1.71 bits per heavy atom. The van der Waals surface area contributed by atoms with E-state index in [0.29, 0.717) is 0 Å². The van der Waals surface area contributed by atoms with Crippen LogP contribution in [0.25, 0.3) is 11.2 Å². The molecule has 3 aromatic heterocycles. The van der Waals surface area contributed by atoms with Crippen LogP contribution in [0, 0.1) is 6.92 Å². The first-order valence-electron chi connectivity index (χ1n) is 12.3. The highest BCUT2D eigenvalue weighted by Gasteiger charge is 2.45. The van der Waals surface area contributed by atoms with Crippen LogP contribution in [0.15, 0.2) is 28.4 Å². The second-order valence-corrected chi connectivity index (χ2v) is 12.1. The van der Waals surface area contributed by atoms with Gasteiger partial charge in [-0.1, -0.05) is 0 Å². The molecule has 2 aliphatic rings. The molecule has 0 spiro atoms. The van der Waals surface area contributed by atoms with Crippen molar-refractivity contribution in [3.63, 3.8) is 0 Å². The van der Waals surface area contributed by atoms with Crippen molar-refractivity contribution in [3.8, 4) is 0 Å². The van der Waals surface area contributed by atoms with Crippen molar-refractivity contribution in [3.05, 3.63) is 45.3 Å². The summed E-state index contributed by atoms with van der Waals surface area (Å²) in [5.41, 5.74) is 5.16. The maximum atomic E-state index is 12.9. The van der Waals surface area contributed by atoms with Crippen LogP contribution in [-0.2, 0) is 32.2 Å². The van der Waals surface area contributed by atoms with Crippen LogP contribution in [0.2, 0.25) is 0 Å². The molecule has 0 radical (unpaired) electrons. The summed E-state index contributed by atoms with van der Waals surface area (Å²) in [4.78, 5) is 67.3. The molecular formula is C20H27N7O13P2. The van der Waals surface area contributed by atoms with Crippen molar-refractivity contribution in [2.45, 2.75) is 56.6 Å². The molecule has 230 valence electrons. The van der Waals surface area contributed by atoms with Crippen LogP contribution in [0.4, 0.5) is 5.82 Å². The quantitative estimate of drug-likeness (QED) is 0.143. The molecule has 1 unspecified atom stereocenters. The number of nitrogen functional groups attached to an aromatic ring is 1. The van der Waals surface area contributed by atoms with E-state index in [4.69, 9.17) is 28.8 Å². The fourth-order valence-corrected chi connectivity index (χ4v) is 6.24. The maximum absolute atomic E-state index is 12.9. The van der Waals surface area contributed by atoms with E-state index in [0.717, 1.165) is 4.57 Å². The Morgan fingerprint density at radius 3 is 2.40 bits per heavy atom. The summed E-state index contributed by atoms with van der Waals surface area (Å²) in [6, 6.07) is 0. The minimum absolute atomic E-state index is 0.0953. The number of H-pyrrole nitrogens is 1. The molecule has 22 heteroatoms. The molecule has 2 saturated heterocycles. The van der Waals surface area contributed by atoms with Crippen LogP contribution in [0.1, 0.15) is 30.9 Å². The number of nitrogens with one attached hydrogen (secondary N) is 1. The molecule has 0 aromatic carbocycles. The zero-order valence-electron chi connectivity index (χ0n) is 21.7. The highest BCUT2D eigenvalue weighted by Crippen LogP contribution is 2.50. The Morgan fingerprint density at radius 1 is 1.05 bits per heavy atom. The Labute approximate surface area is 234 Å². The van der Waals surface area contributed by atoms with E-state index in [-0.39, 0.29) is 35.4 Å². The second kappa shape index (κ2) is 11.7. The Kier molecular flexibility index (Phi) is 8.49. The summed E-state index contributed by atoms with van der Waals surface area (Å²) < 4.78 is 53.6. The van der Waals surface area contributed by atoms with Crippen LogP contribution in [0.3, 0.4) is 0 Å². The lowest BCUT2D eigenvalue weighted by molar-refractivity contribution is -0.0560. The van der Waals surface area contributed by atoms with Gasteiger partial charge in [0.2, 0.25) is 0 Å². The van der Waals surface area contributed by atoms with Gasteiger partial charge in [0.15, 0.2) is 11.5 Å². The predicted octanol–water partition coefficient (Wildman–Crippen LogP) is -1.19. The molecule has 3 aromatic rings. The van der Waals surface area contributed by atoms with Crippen molar-refractivity contribution >= 4 is 32.6 Å². The smallest absolute Gasteiger partial charge is 0.394 e. The highest BCUT2D eigenvalue weighted by atomic mass is 31.2. The van der Waals surface area contributed by atoms with Crippen molar-refractivity contribution in [1.82, 2.24) is 29.1 Å². The number of rotatable bonds is 10. The minimum Gasteiger partial charge on any atom is -0.394 e. The van der Waals surface area contributed by atoms with E-state index in [1.165, 1.54) is 30.3 Å². The lowest BCUT2D eigenvalue weighted by Crippen LogP contribution is -2.33. The Hall–Kier alpha value is -2.87. The molecule has 0 amide bonds. The van der Waals surface area contributed by atoms with Gasteiger partial charge in [-0.15, -0.1) is 0 Å². The van der Waals surface area contributed by atoms with Gasteiger partial charge in [0, 0.05) is 24.6 Å². The normalized spacial score (nSPS) is 27.9. The van der Waals surface area contributed by atoms with Gasteiger partial charge >= 0.3 is 21.3 Å². The number of anilines is 1.